The van der Waals surface area contributed by atoms with Gasteiger partial charge in [0.25, 0.3) is 0 Å². The Balaban J connectivity index is 1.68. The first kappa shape index (κ1) is 23.2. The minimum Gasteiger partial charge on any atom is -0.296 e. The van der Waals surface area contributed by atoms with Gasteiger partial charge in [-0.2, -0.15) is 5.26 Å². The molecule has 0 aromatic heterocycles. The molecule has 1 aliphatic rings. The largest absolute Gasteiger partial charge is 0.296 e. The van der Waals surface area contributed by atoms with E-state index in [0.29, 0.717) is 18.4 Å². The second-order valence-corrected chi connectivity index (χ2v) is 11.0. The highest BCUT2D eigenvalue weighted by molar-refractivity contribution is 7.90. The van der Waals surface area contributed by atoms with E-state index in [2.05, 4.69) is 30.0 Å². The second-order valence-electron chi connectivity index (χ2n) is 8.94. The van der Waals surface area contributed by atoms with Gasteiger partial charge in [0.1, 0.15) is 5.82 Å². The summed E-state index contributed by atoms with van der Waals surface area (Å²) in [6.45, 7) is 3.66. The second kappa shape index (κ2) is 9.09. The van der Waals surface area contributed by atoms with Gasteiger partial charge in [0, 0.05) is 25.4 Å². The van der Waals surface area contributed by atoms with Crippen molar-refractivity contribution in [1.82, 2.24) is 4.90 Å². The van der Waals surface area contributed by atoms with Crippen LogP contribution in [-0.4, -0.2) is 32.2 Å². The Morgan fingerprint density at radius 3 is 2.39 bits per heavy atom. The minimum atomic E-state index is -3.31. The van der Waals surface area contributed by atoms with E-state index in [0.717, 1.165) is 24.2 Å². The van der Waals surface area contributed by atoms with Gasteiger partial charge < -0.3 is 0 Å². The molecule has 0 saturated carbocycles. The molecule has 1 fully saturated rings. The summed E-state index contributed by atoms with van der Waals surface area (Å²) in [6.07, 6.45) is 2.35. The summed E-state index contributed by atoms with van der Waals surface area (Å²) in [6, 6.07) is 24.1. The lowest BCUT2D eigenvalue weighted by atomic mass is 9.69. The van der Waals surface area contributed by atoms with Crippen molar-refractivity contribution in [1.29, 1.82) is 5.26 Å². The first-order chi connectivity index (χ1) is 15.7. The van der Waals surface area contributed by atoms with Crippen LogP contribution in [0, 0.1) is 17.1 Å². The Hall–Kier alpha value is -3.01. The fraction of sp³-hybridized carbons (Fsp3) is 0.296. The molecule has 1 unspecified atom stereocenters. The standard InChI is InChI=1S/C27H27FN2O2S/c1-20-17-27(19-29,14-15-30(20)18-21-6-4-3-5-7-21)26-16-23(28)10-13-25(26)22-8-11-24(12-9-22)33(2,31)32/h3-13,16,20H,14-15,17-18H2,1-2H3/t20-,27?/m1/s1. The zero-order chi connectivity index (χ0) is 23.6. The van der Waals surface area contributed by atoms with E-state index >= 15 is 0 Å². The molecule has 1 aliphatic heterocycles. The smallest absolute Gasteiger partial charge is 0.175 e. The number of hydrogen-bond acceptors (Lipinski definition) is 4. The average molecular weight is 463 g/mol. The number of likely N-dealkylation sites (tertiary alicyclic amines) is 1. The highest BCUT2D eigenvalue weighted by Crippen LogP contribution is 2.43. The number of rotatable bonds is 5. The molecular weight excluding hydrogens is 435 g/mol. The lowest BCUT2D eigenvalue weighted by Gasteiger charge is -2.43. The Bertz CT molecular complexity index is 1280. The van der Waals surface area contributed by atoms with E-state index in [1.165, 1.54) is 24.0 Å². The summed E-state index contributed by atoms with van der Waals surface area (Å²) < 4.78 is 38.1. The molecule has 0 bridgehead atoms. The molecule has 3 aromatic rings. The predicted octanol–water partition coefficient (Wildman–Crippen LogP) is 5.34. The Morgan fingerprint density at radius 1 is 1.09 bits per heavy atom. The highest BCUT2D eigenvalue weighted by atomic mass is 32.2. The molecular formula is C27H27FN2O2S. The van der Waals surface area contributed by atoms with Gasteiger partial charge in [-0.15, -0.1) is 0 Å². The van der Waals surface area contributed by atoms with Crippen molar-refractivity contribution in [2.24, 2.45) is 0 Å². The molecule has 33 heavy (non-hydrogen) atoms. The van der Waals surface area contributed by atoms with Crippen LogP contribution in [0.15, 0.2) is 77.7 Å². The monoisotopic (exact) mass is 462 g/mol. The van der Waals surface area contributed by atoms with E-state index in [-0.39, 0.29) is 16.8 Å². The van der Waals surface area contributed by atoms with Gasteiger partial charge in [0.05, 0.1) is 16.4 Å². The van der Waals surface area contributed by atoms with Crippen molar-refractivity contribution in [3.63, 3.8) is 0 Å². The third kappa shape index (κ3) is 4.85. The van der Waals surface area contributed by atoms with Gasteiger partial charge in [-0.25, -0.2) is 12.8 Å². The van der Waals surface area contributed by atoms with Crippen molar-refractivity contribution in [3.8, 4) is 17.2 Å². The van der Waals surface area contributed by atoms with E-state index in [9.17, 15) is 18.1 Å². The fourth-order valence-electron chi connectivity index (χ4n) is 4.80. The number of halogens is 1. The molecule has 0 spiro atoms. The summed E-state index contributed by atoms with van der Waals surface area (Å²) in [5.74, 6) is -0.379. The molecule has 4 nitrogen and oxygen atoms in total. The highest BCUT2D eigenvalue weighted by Gasteiger charge is 2.41. The molecule has 0 radical (unpaired) electrons. The third-order valence-electron chi connectivity index (χ3n) is 6.63. The SMILES string of the molecule is C[C@@H]1CC(C#N)(c2cc(F)ccc2-c2ccc(S(C)(=O)=O)cc2)CCN1Cc1ccccc1. The van der Waals surface area contributed by atoms with Crippen LogP contribution >= 0.6 is 0 Å². The molecule has 4 rings (SSSR count). The Morgan fingerprint density at radius 2 is 1.79 bits per heavy atom. The average Bonchev–Trinajstić information content (AvgIpc) is 2.81. The van der Waals surface area contributed by atoms with Crippen LogP contribution in [0.5, 0.6) is 0 Å². The molecule has 3 aromatic carbocycles. The Kier molecular flexibility index (Phi) is 6.38. The van der Waals surface area contributed by atoms with E-state index in [4.69, 9.17) is 0 Å². The summed E-state index contributed by atoms with van der Waals surface area (Å²) in [5, 5.41) is 10.3. The molecule has 170 valence electrons. The maximum atomic E-state index is 14.4. The van der Waals surface area contributed by atoms with Gasteiger partial charge in [-0.3, -0.25) is 4.90 Å². The van der Waals surface area contributed by atoms with Crippen molar-refractivity contribution < 1.29 is 12.8 Å². The van der Waals surface area contributed by atoms with Crippen LogP contribution in [0.4, 0.5) is 4.39 Å². The number of nitriles is 1. The van der Waals surface area contributed by atoms with Crippen LogP contribution in [0.2, 0.25) is 0 Å². The molecule has 0 N–H and O–H groups in total. The van der Waals surface area contributed by atoms with Crippen molar-refractivity contribution in [2.45, 2.75) is 42.7 Å². The lowest BCUT2D eigenvalue weighted by Crippen LogP contribution is -2.47. The number of hydrogen-bond donors (Lipinski definition) is 0. The van der Waals surface area contributed by atoms with E-state index in [1.54, 1.807) is 30.3 Å². The van der Waals surface area contributed by atoms with Crippen LogP contribution in [0.25, 0.3) is 11.1 Å². The number of nitrogens with zero attached hydrogens (tertiary/aromatic N) is 2. The van der Waals surface area contributed by atoms with Crippen LogP contribution in [-0.2, 0) is 21.8 Å². The fourth-order valence-corrected chi connectivity index (χ4v) is 5.43. The van der Waals surface area contributed by atoms with Gasteiger partial charge in [-0.1, -0.05) is 48.5 Å². The minimum absolute atomic E-state index is 0.141. The maximum absolute atomic E-state index is 14.4. The van der Waals surface area contributed by atoms with Gasteiger partial charge >= 0.3 is 0 Å². The van der Waals surface area contributed by atoms with Gasteiger partial charge in [0.15, 0.2) is 9.84 Å². The van der Waals surface area contributed by atoms with Crippen molar-refractivity contribution in [2.75, 3.05) is 12.8 Å². The summed E-state index contributed by atoms with van der Waals surface area (Å²) in [4.78, 5) is 2.60. The number of piperidine rings is 1. The Labute approximate surface area is 195 Å². The summed E-state index contributed by atoms with van der Waals surface area (Å²) in [7, 11) is -3.31. The topological polar surface area (TPSA) is 61.2 Å². The lowest BCUT2D eigenvalue weighted by molar-refractivity contribution is 0.117. The molecule has 1 saturated heterocycles. The zero-order valence-corrected chi connectivity index (χ0v) is 19.6. The maximum Gasteiger partial charge on any atom is 0.175 e. The molecule has 0 aliphatic carbocycles. The molecule has 1 heterocycles. The quantitative estimate of drug-likeness (QED) is 0.513. The first-order valence-electron chi connectivity index (χ1n) is 11.0. The third-order valence-corrected chi connectivity index (χ3v) is 7.75. The molecule has 2 atom stereocenters. The summed E-state index contributed by atoms with van der Waals surface area (Å²) >= 11 is 0. The normalized spacial score (nSPS) is 21.5. The van der Waals surface area contributed by atoms with Gasteiger partial charge in [0.2, 0.25) is 0 Å². The molecule has 6 heteroatoms. The predicted molar refractivity (Wildman–Crippen MR) is 128 cm³/mol. The zero-order valence-electron chi connectivity index (χ0n) is 18.8. The van der Waals surface area contributed by atoms with Crippen molar-refractivity contribution in [3.05, 3.63) is 89.7 Å². The first-order valence-corrected chi connectivity index (χ1v) is 12.9. The van der Waals surface area contributed by atoms with Crippen LogP contribution < -0.4 is 0 Å². The van der Waals surface area contributed by atoms with Crippen LogP contribution in [0.3, 0.4) is 0 Å². The summed E-state index contributed by atoms with van der Waals surface area (Å²) in [5.41, 5.74) is 2.61. The van der Waals surface area contributed by atoms with E-state index < -0.39 is 15.3 Å². The molecule has 0 amide bonds. The number of benzene rings is 3. The van der Waals surface area contributed by atoms with E-state index in [1.807, 2.05) is 18.2 Å². The van der Waals surface area contributed by atoms with Gasteiger partial charge in [-0.05, 0) is 66.3 Å². The van der Waals surface area contributed by atoms with Crippen molar-refractivity contribution >= 4 is 9.84 Å². The van der Waals surface area contributed by atoms with Crippen LogP contribution in [0.1, 0.15) is 30.9 Å². The number of sulfone groups is 1.